The minimum absolute atomic E-state index is 0.0297. The molecule has 0 aliphatic heterocycles. The van der Waals surface area contributed by atoms with E-state index in [-0.39, 0.29) is 5.41 Å². The van der Waals surface area contributed by atoms with Gasteiger partial charge in [-0.15, -0.1) is 0 Å². The highest BCUT2D eigenvalue weighted by atomic mass is 15.2. The highest BCUT2D eigenvalue weighted by Gasteiger charge is 2.19. The van der Waals surface area contributed by atoms with Crippen LogP contribution >= 0.6 is 0 Å². The predicted molar refractivity (Wildman–Crippen MR) is 75.7 cm³/mol. The van der Waals surface area contributed by atoms with Gasteiger partial charge in [0.05, 0.1) is 5.69 Å². The van der Waals surface area contributed by atoms with Gasteiger partial charge in [0.15, 0.2) is 5.82 Å². The SMILES string of the molecule is CC(C)(C)c1cc2c(-n3cccc3C#N)nccn2n1. The molecule has 5 nitrogen and oxygen atoms in total. The van der Waals surface area contributed by atoms with Crippen molar-refractivity contribution in [3.63, 3.8) is 0 Å². The van der Waals surface area contributed by atoms with Gasteiger partial charge in [0.1, 0.15) is 17.3 Å². The first-order valence-electron chi connectivity index (χ1n) is 6.43. The summed E-state index contributed by atoms with van der Waals surface area (Å²) < 4.78 is 3.59. The van der Waals surface area contributed by atoms with Crippen LogP contribution in [-0.4, -0.2) is 19.2 Å². The number of nitriles is 1. The summed E-state index contributed by atoms with van der Waals surface area (Å²) in [6.07, 6.45) is 5.36. The molecule has 5 heteroatoms. The summed E-state index contributed by atoms with van der Waals surface area (Å²) in [4.78, 5) is 4.40. The van der Waals surface area contributed by atoms with Crippen LogP contribution in [-0.2, 0) is 5.41 Å². The van der Waals surface area contributed by atoms with Crippen LogP contribution in [0.15, 0.2) is 36.8 Å². The van der Waals surface area contributed by atoms with Crippen LogP contribution in [0.25, 0.3) is 11.3 Å². The van der Waals surface area contributed by atoms with Gasteiger partial charge >= 0.3 is 0 Å². The first kappa shape index (κ1) is 12.4. The average Bonchev–Trinajstić information content (AvgIpc) is 3.03. The number of hydrogen-bond donors (Lipinski definition) is 0. The first-order valence-corrected chi connectivity index (χ1v) is 6.43. The zero-order valence-electron chi connectivity index (χ0n) is 11.7. The lowest BCUT2D eigenvalue weighted by Gasteiger charge is -2.13. The Morgan fingerprint density at radius 2 is 2.05 bits per heavy atom. The fraction of sp³-hybridized carbons (Fsp3) is 0.267. The lowest BCUT2D eigenvalue weighted by atomic mass is 9.92. The van der Waals surface area contributed by atoms with E-state index in [4.69, 9.17) is 5.26 Å². The molecule has 0 saturated carbocycles. The highest BCUT2D eigenvalue weighted by molar-refractivity contribution is 5.62. The second-order valence-corrected chi connectivity index (χ2v) is 5.74. The highest BCUT2D eigenvalue weighted by Crippen LogP contribution is 2.24. The van der Waals surface area contributed by atoms with Crippen LogP contribution in [0.5, 0.6) is 0 Å². The molecule has 0 atom stereocenters. The van der Waals surface area contributed by atoms with E-state index in [1.165, 1.54) is 0 Å². The Hall–Kier alpha value is -2.61. The monoisotopic (exact) mass is 265 g/mol. The van der Waals surface area contributed by atoms with Crippen molar-refractivity contribution in [1.29, 1.82) is 5.26 Å². The zero-order chi connectivity index (χ0) is 14.3. The number of hydrogen-bond acceptors (Lipinski definition) is 3. The van der Waals surface area contributed by atoms with Crippen LogP contribution < -0.4 is 0 Å². The molecule has 0 unspecified atom stereocenters. The number of rotatable bonds is 1. The molecule has 0 fully saturated rings. The van der Waals surface area contributed by atoms with Crippen LogP contribution in [0, 0.1) is 11.3 Å². The molecule has 0 radical (unpaired) electrons. The first-order chi connectivity index (χ1) is 9.50. The van der Waals surface area contributed by atoms with Gasteiger partial charge in [-0.25, -0.2) is 9.50 Å². The molecule has 20 heavy (non-hydrogen) atoms. The van der Waals surface area contributed by atoms with E-state index in [1.54, 1.807) is 16.8 Å². The molecule has 3 heterocycles. The molecule has 0 amide bonds. The van der Waals surface area contributed by atoms with E-state index in [1.807, 2.05) is 29.0 Å². The lowest BCUT2D eigenvalue weighted by Crippen LogP contribution is -2.11. The van der Waals surface area contributed by atoms with E-state index < -0.39 is 0 Å². The molecular weight excluding hydrogens is 250 g/mol. The molecule has 0 bridgehead atoms. The summed E-state index contributed by atoms with van der Waals surface area (Å²) in [5.74, 6) is 0.719. The number of nitrogens with zero attached hydrogens (tertiary/aromatic N) is 5. The van der Waals surface area contributed by atoms with Crippen LogP contribution in [0.3, 0.4) is 0 Å². The Morgan fingerprint density at radius 1 is 1.25 bits per heavy atom. The molecule has 0 aliphatic rings. The van der Waals surface area contributed by atoms with Gasteiger partial charge in [-0.1, -0.05) is 20.8 Å². The fourth-order valence-corrected chi connectivity index (χ4v) is 2.12. The van der Waals surface area contributed by atoms with E-state index in [0.717, 1.165) is 17.0 Å². The second-order valence-electron chi connectivity index (χ2n) is 5.74. The van der Waals surface area contributed by atoms with Crippen LogP contribution in [0.2, 0.25) is 0 Å². The molecule has 3 aromatic heterocycles. The third-order valence-electron chi connectivity index (χ3n) is 3.23. The maximum atomic E-state index is 9.15. The quantitative estimate of drug-likeness (QED) is 0.679. The van der Waals surface area contributed by atoms with Gasteiger partial charge in [-0.2, -0.15) is 10.4 Å². The Kier molecular flexibility index (Phi) is 2.61. The largest absolute Gasteiger partial charge is 0.291 e. The summed E-state index contributed by atoms with van der Waals surface area (Å²) in [7, 11) is 0. The summed E-state index contributed by atoms with van der Waals surface area (Å²) in [6, 6.07) is 7.81. The van der Waals surface area contributed by atoms with Gasteiger partial charge in [-0.3, -0.25) is 4.57 Å². The Morgan fingerprint density at radius 3 is 2.75 bits per heavy atom. The van der Waals surface area contributed by atoms with Crippen molar-refractivity contribution in [2.75, 3.05) is 0 Å². The van der Waals surface area contributed by atoms with Crippen molar-refractivity contribution in [3.8, 4) is 11.9 Å². The van der Waals surface area contributed by atoms with Crippen molar-refractivity contribution in [2.45, 2.75) is 26.2 Å². The fourth-order valence-electron chi connectivity index (χ4n) is 2.12. The third kappa shape index (κ3) is 1.86. The number of fused-ring (bicyclic) bond motifs is 1. The van der Waals surface area contributed by atoms with E-state index in [9.17, 15) is 0 Å². The Balaban J connectivity index is 2.28. The number of aromatic nitrogens is 4. The van der Waals surface area contributed by atoms with Gasteiger partial charge in [0, 0.05) is 24.0 Å². The predicted octanol–water partition coefficient (Wildman–Crippen LogP) is 2.69. The lowest BCUT2D eigenvalue weighted by molar-refractivity contribution is 0.562. The van der Waals surface area contributed by atoms with Crippen molar-refractivity contribution < 1.29 is 0 Å². The molecule has 0 aliphatic carbocycles. The maximum Gasteiger partial charge on any atom is 0.163 e. The molecule has 3 aromatic rings. The summed E-state index contributed by atoms with van der Waals surface area (Å²) >= 11 is 0. The normalized spacial score (nSPS) is 11.7. The molecule has 3 rings (SSSR count). The van der Waals surface area contributed by atoms with Crippen LogP contribution in [0.4, 0.5) is 0 Å². The van der Waals surface area contributed by atoms with E-state index in [2.05, 4.69) is 36.9 Å². The topological polar surface area (TPSA) is 58.9 Å². The average molecular weight is 265 g/mol. The van der Waals surface area contributed by atoms with Gasteiger partial charge in [-0.05, 0) is 18.2 Å². The standard InChI is InChI=1S/C15H15N5/c1-15(2,3)13-9-12-14(17-6-8-20(12)18-13)19-7-4-5-11(19)10-16/h4-9H,1-3H3. The van der Waals surface area contributed by atoms with E-state index >= 15 is 0 Å². The summed E-state index contributed by atoms with van der Waals surface area (Å²) in [5.41, 5.74) is 2.42. The van der Waals surface area contributed by atoms with Crippen molar-refractivity contribution >= 4 is 5.52 Å². The van der Waals surface area contributed by atoms with Crippen molar-refractivity contribution in [3.05, 3.63) is 48.2 Å². The zero-order valence-corrected chi connectivity index (χ0v) is 11.7. The second kappa shape index (κ2) is 4.20. The van der Waals surface area contributed by atoms with Crippen molar-refractivity contribution in [2.24, 2.45) is 0 Å². The molecule has 0 saturated heterocycles. The van der Waals surface area contributed by atoms with Crippen LogP contribution in [0.1, 0.15) is 32.2 Å². The molecule has 0 aromatic carbocycles. The van der Waals surface area contributed by atoms with Crippen molar-refractivity contribution in [1.82, 2.24) is 19.2 Å². The van der Waals surface area contributed by atoms with Gasteiger partial charge in [0.25, 0.3) is 0 Å². The third-order valence-corrected chi connectivity index (χ3v) is 3.23. The van der Waals surface area contributed by atoms with Gasteiger partial charge in [0.2, 0.25) is 0 Å². The molecular formula is C15H15N5. The van der Waals surface area contributed by atoms with E-state index in [0.29, 0.717) is 5.69 Å². The summed E-state index contributed by atoms with van der Waals surface area (Å²) in [6.45, 7) is 6.37. The minimum Gasteiger partial charge on any atom is -0.291 e. The molecule has 0 spiro atoms. The Labute approximate surface area is 117 Å². The molecule has 0 N–H and O–H groups in total. The summed E-state index contributed by atoms with van der Waals surface area (Å²) in [5, 5.41) is 13.7. The Bertz CT molecular complexity index is 811. The van der Waals surface area contributed by atoms with Gasteiger partial charge < -0.3 is 0 Å². The maximum absolute atomic E-state index is 9.15. The smallest absolute Gasteiger partial charge is 0.163 e. The minimum atomic E-state index is -0.0297. The molecule has 100 valence electrons.